The Hall–Kier alpha value is -2.72. The van der Waals surface area contributed by atoms with Gasteiger partial charge in [-0.3, -0.25) is 9.78 Å². The van der Waals surface area contributed by atoms with E-state index in [0.29, 0.717) is 16.4 Å². The van der Waals surface area contributed by atoms with Crippen LogP contribution in [-0.2, 0) is 6.42 Å². The molecule has 3 aromatic rings. The van der Waals surface area contributed by atoms with Crippen LogP contribution in [0, 0.1) is 0 Å². The number of pyridine rings is 2. The van der Waals surface area contributed by atoms with E-state index in [0.717, 1.165) is 17.7 Å². The Labute approximate surface area is 145 Å². The zero-order valence-corrected chi connectivity index (χ0v) is 13.9. The molecule has 120 valence electrons. The number of aryl methyl sites for hydroxylation is 1. The predicted octanol–water partition coefficient (Wildman–Crippen LogP) is 4.61. The van der Waals surface area contributed by atoms with Crippen LogP contribution < -0.4 is 5.32 Å². The van der Waals surface area contributed by atoms with Gasteiger partial charge in [-0.2, -0.15) is 0 Å². The highest BCUT2D eigenvalue weighted by molar-refractivity contribution is 6.29. The molecule has 0 unspecified atom stereocenters. The van der Waals surface area contributed by atoms with Crippen molar-refractivity contribution in [1.29, 1.82) is 0 Å². The Morgan fingerprint density at radius 1 is 1.00 bits per heavy atom. The Morgan fingerprint density at radius 3 is 2.38 bits per heavy atom. The minimum atomic E-state index is -0.194. The van der Waals surface area contributed by atoms with Crippen molar-refractivity contribution in [2.75, 3.05) is 5.32 Å². The van der Waals surface area contributed by atoms with Crippen molar-refractivity contribution in [3.05, 3.63) is 77.2 Å². The predicted molar refractivity (Wildman–Crippen MR) is 96.3 cm³/mol. The fourth-order valence-electron chi connectivity index (χ4n) is 2.25. The summed E-state index contributed by atoms with van der Waals surface area (Å²) in [7, 11) is 0. The number of carbonyl (C=O) groups is 1. The highest BCUT2D eigenvalue weighted by Crippen LogP contribution is 2.19. The van der Waals surface area contributed by atoms with Crippen molar-refractivity contribution in [1.82, 2.24) is 9.97 Å². The molecular formula is C19H16ClN3O. The summed E-state index contributed by atoms with van der Waals surface area (Å²) < 4.78 is 0. The van der Waals surface area contributed by atoms with Gasteiger partial charge in [0, 0.05) is 17.3 Å². The molecule has 1 N–H and O–H groups in total. The van der Waals surface area contributed by atoms with Crippen LogP contribution in [0.2, 0.25) is 5.15 Å². The lowest BCUT2D eigenvalue weighted by atomic mass is 10.1. The highest BCUT2D eigenvalue weighted by atomic mass is 35.5. The van der Waals surface area contributed by atoms with E-state index in [1.165, 1.54) is 11.8 Å². The van der Waals surface area contributed by atoms with E-state index in [2.05, 4.69) is 28.3 Å². The molecule has 2 heterocycles. The summed E-state index contributed by atoms with van der Waals surface area (Å²) in [6.07, 6.45) is 4.36. The van der Waals surface area contributed by atoms with Gasteiger partial charge in [-0.25, -0.2) is 4.98 Å². The van der Waals surface area contributed by atoms with Crippen molar-refractivity contribution in [3.63, 3.8) is 0 Å². The largest absolute Gasteiger partial charge is 0.321 e. The molecule has 1 aromatic carbocycles. The minimum absolute atomic E-state index is 0.194. The Bertz CT molecular complexity index is 828. The van der Waals surface area contributed by atoms with Crippen LogP contribution in [0.4, 0.5) is 5.69 Å². The molecule has 0 saturated carbocycles. The summed E-state index contributed by atoms with van der Waals surface area (Å²) >= 11 is 5.73. The maximum absolute atomic E-state index is 12.2. The molecule has 3 rings (SSSR count). The molecule has 0 fully saturated rings. The second kappa shape index (κ2) is 7.23. The van der Waals surface area contributed by atoms with Gasteiger partial charge < -0.3 is 5.32 Å². The van der Waals surface area contributed by atoms with Gasteiger partial charge in [-0.15, -0.1) is 0 Å². The Morgan fingerprint density at radius 2 is 1.79 bits per heavy atom. The number of halogens is 1. The number of hydrogen-bond acceptors (Lipinski definition) is 3. The van der Waals surface area contributed by atoms with Crippen LogP contribution in [0.5, 0.6) is 0 Å². The van der Waals surface area contributed by atoms with Gasteiger partial charge in [0.15, 0.2) is 0 Å². The first-order chi connectivity index (χ1) is 11.7. The average molecular weight is 338 g/mol. The van der Waals surface area contributed by atoms with E-state index in [1.54, 1.807) is 24.3 Å². The van der Waals surface area contributed by atoms with E-state index >= 15 is 0 Å². The lowest BCUT2D eigenvalue weighted by Crippen LogP contribution is -2.11. The van der Waals surface area contributed by atoms with Crippen LogP contribution in [-0.4, -0.2) is 15.9 Å². The quantitative estimate of drug-likeness (QED) is 0.707. The van der Waals surface area contributed by atoms with Crippen molar-refractivity contribution in [2.45, 2.75) is 13.3 Å². The monoisotopic (exact) mass is 337 g/mol. The lowest BCUT2D eigenvalue weighted by molar-refractivity contribution is 0.102. The number of amides is 1. The molecule has 24 heavy (non-hydrogen) atoms. The van der Waals surface area contributed by atoms with E-state index in [1.807, 2.05) is 24.4 Å². The minimum Gasteiger partial charge on any atom is -0.321 e. The molecule has 0 spiro atoms. The number of aromatic nitrogens is 2. The zero-order chi connectivity index (χ0) is 16.9. The molecule has 0 aliphatic rings. The van der Waals surface area contributed by atoms with Gasteiger partial charge in [-0.1, -0.05) is 36.7 Å². The molecule has 0 aliphatic heterocycles. The second-order valence-corrected chi connectivity index (χ2v) is 5.69. The molecular weight excluding hydrogens is 322 g/mol. The van der Waals surface area contributed by atoms with Crippen molar-refractivity contribution in [2.24, 2.45) is 0 Å². The molecule has 4 nitrogen and oxygen atoms in total. The Kier molecular flexibility index (Phi) is 4.87. The third-order valence-corrected chi connectivity index (χ3v) is 3.88. The Balaban J connectivity index is 1.73. The summed E-state index contributed by atoms with van der Waals surface area (Å²) in [5, 5.41) is 3.17. The molecule has 0 aliphatic carbocycles. The molecule has 0 bridgehead atoms. The van der Waals surface area contributed by atoms with Crippen LogP contribution in [0.3, 0.4) is 0 Å². The van der Waals surface area contributed by atoms with Gasteiger partial charge in [-0.05, 0) is 42.3 Å². The van der Waals surface area contributed by atoms with Gasteiger partial charge in [0.25, 0.3) is 5.91 Å². The summed E-state index contributed by atoms with van der Waals surface area (Å²) in [5.74, 6) is -0.194. The average Bonchev–Trinajstić information content (AvgIpc) is 2.64. The van der Waals surface area contributed by atoms with E-state index in [4.69, 9.17) is 11.6 Å². The van der Waals surface area contributed by atoms with Crippen LogP contribution in [0.25, 0.3) is 11.3 Å². The normalized spacial score (nSPS) is 10.4. The summed E-state index contributed by atoms with van der Waals surface area (Å²) in [4.78, 5) is 20.6. The fraction of sp³-hybridized carbons (Fsp3) is 0.105. The third kappa shape index (κ3) is 3.78. The van der Waals surface area contributed by atoms with Crippen molar-refractivity contribution >= 4 is 23.2 Å². The maximum atomic E-state index is 12.2. The van der Waals surface area contributed by atoms with E-state index in [9.17, 15) is 4.79 Å². The van der Waals surface area contributed by atoms with Crippen LogP contribution in [0.1, 0.15) is 22.8 Å². The molecule has 0 radical (unpaired) electrons. The van der Waals surface area contributed by atoms with E-state index in [-0.39, 0.29) is 5.91 Å². The first kappa shape index (κ1) is 16.1. The molecule has 1 amide bonds. The smallest absolute Gasteiger partial charge is 0.255 e. The topological polar surface area (TPSA) is 54.9 Å². The highest BCUT2D eigenvalue weighted by Gasteiger charge is 2.07. The molecule has 2 aromatic heterocycles. The number of carbonyl (C=O) groups excluding carboxylic acids is 1. The number of benzene rings is 1. The first-order valence-electron chi connectivity index (χ1n) is 7.64. The summed E-state index contributed by atoms with van der Waals surface area (Å²) in [6, 6.07) is 14.7. The van der Waals surface area contributed by atoms with Crippen molar-refractivity contribution < 1.29 is 4.79 Å². The second-order valence-electron chi connectivity index (χ2n) is 5.31. The number of nitrogens with zero attached hydrogens (tertiary/aromatic N) is 2. The lowest BCUT2D eigenvalue weighted by Gasteiger charge is -2.06. The van der Waals surface area contributed by atoms with Gasteiger partial charge in [0.2, 0.25) is 0 Å². The summed E-state index contributed by atoms with van der Waals surface area (Å²) in [5.41, 5.74) is 4.24. The maximum Gasteiger partial charge on any atom is 0.255 e. The van der Waals surface area contributed by atoms with Gasteiger partial charge in [0.05, 0.1) is 17.6 Å². The van der Waals surface area contributed by atoms with Gasteiger partial charge >= 0.3 is 0 Å². The number of hydrogen-bond donors (Lipinski definition) is 1. The number of anilines is 1. The van der Waals surface area contributed by atoms with Gasteiger partial charge in [0.1, 0.15) is 5.15 Å². The van der Waals surface area contributed by atoms with Crippen molar-refractivity contribution in [3.8, 4) is 11.3 Å². The molecule has 0 atom stereocenters. The third-order valence-electron chi connectivity index (χ3n) is 3.66. The fourth-order valence-corrected chi connectivity index (χ4v) is 2.36. The summed E-state index contributed by atoms with van der Waals surface area (Å²) in [6.45, 7) is 2.10. The SMILES string of the molecule is CCc1ccc(-c2ccc(C(=O)Nc3ccc(Cl)nc3)cc2)nc1. The van der Waals surface area contributed by atoms with E-state index < -0.39 is 0 Å². The number of rotatable bonds is 4. The first-order valence-corrected chi connectivity index (χ1v) is 8.02. The number of nitrogens with one attached hydrogen (secondary N) is 1. The van der Waals surface area contributed by atoms with Crippen LogP contribution in [0.15, 0.2) is 60.9 Å². The zero-order valence-electron chi connectivity index (χ0n) is 13.2. The van der Waals surface area contributed by atoms with Crippen LogP contribution >= 0.6 is 11.6 Å². The molecule has 5 heteroatoms. The molecule has 0 saturated heterocycles. The standard InChI is InChI=1S/C19H16ClN3O/c1-2-13-3-9-17(21-11-13)14-4-6-15(7-5-14)19(24)23-16-8-10-18(20)22-12-16/h3-12H,2H2,1H3,(H,23,24).